The van der Waals surface area contributed by atoms with Crippen LogP contribution in [0.4, 0.5) is 0 Å². The Morgan fingerprint density at radius 1 is 0.267 bits per heavy atom. The molecule has 0 fully saturated rings. The molecular weight excluding hydrogens is 1320 g/mol. The predicted octanol–water partition coefficient (Wildman–Crippen LogP) is 24.8. The van der Waals surface area contributed by atoms with Crippen molar-refractivity contribution in [2.45, 2.75) is 457 Å². The monoisotopic (exact) mass is 1480 g/mol. The summed E-state index contributed by atoms with van der Waals surface area (Å²) in [4.78, 5) is 73.1. The average molecular weight is 1480 g/mol. The molecule has 5 atom stereocenters. The Kier molecular flexibility index (Phi) is 73.5. The minimum absolute atomic E-state index is 0.109. The van der Waals surface area contributed by atoms with Crippen LogP contribution in [0.3, 0.4) is 0 Å². The number of hydrogen-bond donors (Lipinski definition) is 3. The molecule has 0 rings (SSSR count). The normalized spacial score (nSPS) is 13.8. The fourth-order valence-electron chi connectivity index (χ4n) is 12.8. The van der Waals surface area contributed by atoms with E-state index in [0.717, 1.165) is 95.8 Å². The molecule has 0 saturated carbocycles. The van der Waals surface area contributed by atoms with E-state index in [-0.39, 0.29) is 25.7 Å². The molecule has 0 heterocycles. The SMILES string of the molecule is CCCCCCCCCCCCCCCCCCCCCC(=O)O[C@H](COC(=O)CCCCCCCCCCCCCCCCC(C)C)COP(=O)(O)OC[C@@H](O)COP(=O)(O)OC[C@@H](COC(=O)CCCCCCCCCCCCC)OC(=O)CCCCCCCCCCCCCCCC. The van der Waals surface area contributed by atoms with Crippen LogP contribution < -0.4 is 0 Å². The Labute approximate surface area is 619 Å². The van der Waals surface area contributed by atoms with Gasteiger partial charge in [0.05, 0.1) is 26.4 Å². The van der Waals surface area contributed by atoms with E-state index in [0.29, 0.717) is 25.7 Å². The van der Waals surface area contributed by atoms with E-state index in [4.69, 9.17) is 37.0 Å². The predicted molar refractivity (Wildman–Crippen MR) is 414 cm³/mol. The summed E-state index contributed by atoms with van der Waals surface area (Å²) in [5.74, 6) is -1.30. The summed E-state index contributed by atoms with van der Waals surface area (Å²) in [7, 11) is -9.92. The molecule has 3 N–H and O–H groups in total. The second-order valence-corrected chi connectivity index (χ2v) is 32.9. The number of rotatable bonds is 82. The van der Waals surface area contributed by atoms with Crippen molar-refractivity contribution in [2.75, 3.05) is 39.6 Å². The third-order valence-electron chi connectivity index (χ3n) is 19.3. The van der Waals surface area contributed by atoms with Crippen molar-refractivity contribution >= 4 is 39.5 Å². The molecule has 0 saturated heterocycles. The van der Waals surface area contributed by atoms with Gasteiger partial charge >= 0.3 is 39.5 Å². The van der Waals surface area contributed by atoms with Crippen LogP contribution in [-0.4, -0.2) is 96.7 Å². The standard InChI is InChI=1S/C82H160O17P2/c1-6-9-12-15-18-21-24-26-28-29-30-31-32-38-43-48-53-58-63-68-82(87)99-78(72-93-80(85)66-61-56-51-46-41-37-34-33-35-40-44-49-54-59-64-75(4)5)74-97-101(90,91)95-70-76(83)69-94-100(88,89)96-73-77(71-92-79(84)65-60-55-50-45-39-23-20-17-14-11-8-3)98-81(86)67-62-57-52-47-42-36-27-25-22-19-16-13-10-7-2/h75-78,83H,6-74H2,1-5H3,(H,88,89)(H,90,91)/t76-,77+,78+/m0/s1. The highest BCUT2D eigenvalue weighted by atomic mass is 31.2. The second-order valence-electron chi connectivity index (χ2n) is 30.0. The molecule has 0 aliphatic carbocycles. The van der Waals surface area contributed by atoms with E-state index >= 15 is 0 Å². The lowest BCUT2D eigenvalue weighted by molar-refractivity contribution is -0.161. The first-order valence-electron chi connectivity index (χ1n) is 42.6. The van der Waals surface area contributed by atoms with E-state index in [1.807, 2.05) is 0 Å². The molecule has 0 amide bonds. The molecule has 17 nitrogen and oxygen atoms in total. The summed E-state index contributed by atoms with van der Waals surface area (Å²) >= 11 is 0. The van der Waals surface area contributed by atoms with Gasteiger partial charge in [0.25, 0.3) is 0 Å². The summed E-state index contributed by atoms with van der Waals surface area (Å²) < 4.78 is 68.8. The maximum absolute atomic E-state index is 13.1. The first-order valence-corrected chi connectivity index (χ1v) is 45.6. The lowest BCUT2D eigenvalue weighted by Crippen LogP contribution is -2.30. The van der Waals surface area contributed by atoms with Gasteiger partial charge < -0.3 is 33.8 Å². The molecule has 0 radical (unpaired) electrons. The number of esters is 4. The number of ether oxygens (including phenoxy) is 4. The largest absolute Gasteiger partial charge is 0.472 e. The lowest BCUT2D eigenvalue weighted by atomic mass is 10.0. The van der Waals surface area contributed by atoms with E-state index in [9.17, 15) is 43.2 Å². The molecule has 0 aromatic carbocycles. The molecule has 0 spiro atoms. The molecule has 0 aliphatic heterocycles. The Morgan fingerprint density at radius 2 is 0.455 bits per heavy atom. The fraction of sp³-hybridized carbons (Fsp3) is 0.951. The van der Waals surface area contributed by atoms with E-state index in [1.54, 1.807) is 0 Å². The molecule has 0 aliphatic rings. The van der Waals surface area contributed by atoms with E-state index < -0.39 is 97.5 Å². The first-order chi connectivity index (χ1) is 49.0. The number of aliphatic hydroxyl groups is 1. The van der Waals surface area contributed by atoms with Crippen LogP contribution in [0.25, 0.3) is 0 Å². The summed E-state index contributed by atoms with van der Waals surface area (Å²) in [5.41, 5.74) is 0. The summed E-state index contributed by atoms with van der Waals surface area (Å²) in [6, 6.07) is 0. The van der Waals surface area contributed by atoms with Crippen LogP contribution in [0.5, 0.6) is 0 Å². The quantitative estimate of drug-likeness (QED) is 0.0222. The topological polar surface area (TPSA) is 237 Å². The molecule has 600 valence electrons. The molecule has 19 heteroatoms. The average Bonchev–Trinajstić information content (AvgIpc) is 0.927. The van der Waals surface area contributed by atoms with Crippen molar-refractivity contribution in [2.24, 2.45) is 5.92 Å². The molecule has 0 aromatic rings. The van der Waals surface area contributed by atoms with Crippen molar-refractivity contribution in [3.8, 4) is 0 Å². The van der Waals surface area contributed by atoms with Crippen molar-refractivity contribution in [3.05, 3.63) is 0 Å². The highest BCUT2D eigenvalue weighted by Gasteiger charge is 2.30. The van der Waals surface area contributed by atoms with Crippen LogP contribution in [0, 0.1) is 5.92 Å². The molecule has 101 heavy (non-hydrogen) atoms. The maximum Gasteiger partial charge on any atom is 0.472 e. The summed E-state index contributed by atoms with van der Waals surface area (Å²) in [5, 5.41) is 10.7. The minimum atomic E-state index is -4.96. The maximum atomic E-state index is 13.1. The van der Waals surface area contributed by atoms with Crippen LogP contribution >= 0.6 is 15.6 Å². The number of carbonyl (C=O) groups is 4. The third kappa shape index (κ3) is 76.1. The Bertz CT molecular complexity index is 1930. The van der Waals surface area contributed by atoms with E-state index in [2.05, 4.69) is 34.6 Å². The number of hydrogen-bond acceptors (Lipinski definition) is 15. The van der Waals surface area contributed by atoms with Crippen molar-refractivity contribution in [1.82, 2.24) is 0 Å². The van der Waals surface area contributed by atoms with Crippen LogP contribution in [0.15, 0.2) is 0 Å². The number of carbonyl (C=O) groups excluding carboxylic acids is 4. The number of aliphatic hydroxyl groups excluding tert-OH is 1. The van der Waals surface area contributed by atoms with E-state index in [1.165, 1.54) is 263 Å². The highest BCUT2D eigenvalue weighted by molar-refractivity contribution is 7.47. The van der Waals surface area contributed by atoms with Gasteiger partial charge in [0.2, 0.25) is 0 Å². The lowest BCUT2D eigenvalue weighted by Gasteiger charge is -2.21. The number of unbranched alkanes of at least 4 members (excludes halogenated alkanes) is 54. The van der Waals surface area contributed by atoms with Gasteiger partial charge in [-0.25, -0.2) is 9.13 Å². The third-order valence-corrected chi connectivity index (χ3v) is 21.2. The van der Waals surface area contributed by atoms with Gasteiger partial charge in [0.1, 0.15) is 19.3 Å². The van der Waals surface area contributed by atoms with Gasteiger partial charge in [-0.2, -0.15) is 0 Å². The molecule has 2 unspecified atom stereocenters. The molecule has 0 aromatic heterocycles. The van der Waals surface area contributed by atoms with Gasteiger partial charge in [0.15, 0.2) is 12.2 Å². The van der Waals surface area contributed by atoms with Crippen molar-refractivity contribution in [1.29, 1.82) is 0 Å². The first kappa shape index (κ1) is 99.1. The molecular formula is C82H160O17P2. The van der Waals surface area contributed by atoms with Gasteiger partial charge in [-0.15, -0.1) is 0 Å². The Morgan fingerprint density at radius 3 is 0.673 bits per heavy atom. The highest BCUT2D eigenvalue weighted by Crippen LogP contribution is 2.45. The van der Waals surface area contributed by atoms with Crippen LogP contribution in [0.1, 0.15) is 439 Å². The fourth-order valence-corrected chi connectivity index (χ4v) is 14.3. The second kappa shape index (κ2) is 74.9. The van der Waals surface area contributed by atoms with Crippen LogP contribution in [0.2, 0.25) is 0 Å². The molecule has 0 bridgehead atoms. The van der Waals surface area contributed by atoms with Gasteiger partial charge in [-0.3, -0.25) is 37.3 Å². The van der Waals surface area contributed by atoms with Crippen molar-refractivity contribution < 1.29 is 80.2 Å². The number of phosphoric acid groups is 2. The van der Waals surface area contributed by atoms with Crippen molar-refractivity contribution in [3.63, 3.8) is 0 Å². The Hall–Kier alpha value is -1.94. The van der Waals surface area contributed by atoms with Gasteiger partial charge in [-0.1, -0.05) is 388 Å². The van der Waals surface area contributed by atoms with Gasteiger partial charge in [-0.05, 0) is 31.6 Å². The Balaban J connectivity index is 5.24. The zero-order valence-electron chi connectivity index (χ0n) is 66.1. The summed E-state index contributed by atoms with van der Waals surface area (Å²) in [6.45, 7) is 7.37. The summed E-state index contributed by atoms with van der Waals surface area (Å²) in [6.07, 6.45) is 66.5. The smallest absolute Gasteiger partial charge is 0.462 e. The minimum Gasteiger partial charge on any atom is -0.462 e. The zero-order valence-corrected chi connectivity index (χ0v) is 67.8. The van der Waals surface area contributed by atoms with Gasteiger partial charge in [0, 0.05) is 25.7 Å². The zero-order chi connectivity index (χ0) is 74.1. The van der Waals surface area contributed by atoms with Crippen LogP contribution in [-0.2, 0) is 65.4 Å². The number of phosphoric ester groups is 2.